The van der Waals surface area contributed by atoms with E-state index in [1.54, 1.807) is 5.57 Å². The fraction of sp³-hybridized carbons (Fsp3) is 0.700. The normalized spacial score (nSPS) is 42.1. The molecule has 0 amide bonds. The van der Waals surface area contributed by atoms with Crippen molar-refractivity contribution in [2.75, 3.05) is 0 Å². The Labute approximate surface area is 63.3 Å². The molecule has 2 aliphatic rings. The summed E-state index contributed by atoms with van der Waals surface area (Å²) in [6.07, 6.45) is 6.23. The molecule has 2 rings (SSSR count). The van der Waals surface area contributed by atoms with E-state index in [1.165, 1.54) is 6.42 Å². The maximum atomic E-state index is 2.47. The molecule has 0 heterocycles. The SMILES string of the molecule is CC1=CC2[CH]CC1C2(C)C. The van der Waals surface area contributed by atoms with Crippen molar-refractivity contribution >= 4 is 0 Å². The lowest BCUT2D eigenvalue weighted by atomic mass is 9.80. The zero-order valence-corrected chi connectivity index (χ0v) is 7.02. The maximum Gasteiger partial charge on any atom is -0.0142 e. The van der Waals surface area contributed by atoms with Gasteiger partial charge in [-0.05, 0) is 37.0 Å². The van der Waals surface area contributed by atoms with Crippen molar-refractivity contribution < 1.29 is 0 Å². The molecule has 2 bridgehead atoms. The second-order valence-electron chi connectivity index (χ2n) is 4.28. The van der Waals surface area contributed by atoms with Gasteiger partial charge in [-0.2, -0.15) is 0 Å². The first-order valence-electron chi connectivity index (χ1n) is 4.14. The van der Waals surface area contributed by atoms with E-state index < -0.39 is 0 Å². The Bertz CT molecular complexity index is 186. The molecule has 0 aromatic carbocycles. The quantitative estimate of drug-likeness (QED) is 0.448. The highest BCUT2D eigenvalue weighted by Crippen LogP contribution is 2.55. The van der Waals surface area contributed by atoms with Crippen molar-refractivity contribution in [3.8, 4) is 0 Å². The minimum absolute atomic E-state index is 0.546. The van der Waals surface area contributed by atoms with E-state index in [2.05, 4.69) is 33.3 Å². The van der Waals surface area contributed by atoms with Gasteiger partial charge < -0.3 is 0 Å². The van der Waals surface area contributed by atoms with Gasteiger partial charge in [-0.1, -0.05) is 25.5 Å². The van der Waals surface area contributed by atoms with Crippen LogP contribution in [0.15, 0.2) is 11.6 Å². The summed E-state index contributed by atoms with van der Waals surface area (Å²) in [6, 6.07) is 0. The Hall–Kier alpha value is -0.260. The molecule has 2 atom stereocenters. The molecule has 1 saturated carbocycles. The molecule has 2 aliphatic carbocycles. The predicted octanol–water partition coefficient (Wildman–Crippen LogP) is 2.81. The average Bonchev–Trinajstić information content (AvgIpc) is 2.20. The van der Waals surface area contributed by atoms with Crippen LogP contribution in [0, 0.1) is 23.7 Å². The molecule has 0 nitrogen and oxygen atoms in total. The highest BCUT2D eigenvalue weighted by atomic mass is 14.5. The summed E-state index contributed by atoms with van der Waals surface area (Å²) in [7, 11) is 0. The number of allylic oxidation sites excluding steroid dienone is 2. The van der Waals surface area contributed by atoms with Crippen molar-refractivity contribution in [3.63, 3.8) is 0 Å². The smallest absolute Gasteiger partial charge is 0.0142 e. The third-order valence-corrected chi connectivity index (χ3v) is 3.38. The second kappa shape index (κ2) is 1.66. The van der Waals surface area contributed by atoms with Crippen molar-refractivity contribution in [2.24, 2.45) is 17.3 Å². The van der Waals surface area contributed by atoms with Crippen LogP contribution in [0.1, 0.15) is 27.2 Å². The van der Waals surface area contributed by atoms with Gasteiger partial charge >= 0.3 is 0 Å². The Kier molecular flexibility index (Phi) is 1.07. The van der Waals surface area contributed by atoms with E-state index in [4.69, 9.17) is 0 Å². The van der Waals surface area contributed by atoms with Gasteiger partial charge in [0.25, 0.3) is 0 Å². The van der Waals surface area contributed by atoms with Crippen LogP contribution in [0.5, 0.6) is 0 Å². The Morgan fingerprint density at radius 3 is 2.40 bits per heavy atom. The monoisotopic (exact) mass is 135 g/mol. The summed E-state index contributed by atoms with van der Waals surface area (Å²) < 4.78 is 0. The minimum Gasteiger partial charge on any atom is -0.0813 e. The Balaban J connectivity index is 2.37. The summed E-state index contributed by atoms with van der Waals surface area (Å²) in [5.41, 5.74) is 2.17. The molecule has 0 N–H and O–H groups in total. The number of hydrogen-bond donors (Lipinski definition) is 0. The van der Waals surface area contributed by atoms with Crippen LogP contribution in [0.4, 0.5) is 0 Å². The third kappa shape index (κ3) is 0.574. The lowest BCUT2D eigenvalue weighted by Crippen LogP contribution is -2.18. The molecule has 0 heteroatoms. The molecule has 1 radical (unpaired) electrons. The molecule has 0 aliphatic heterocycles. The summed E-state index contributed by atoms with van der Waals surface area (Å²) in [6.45, 7) is 7.05. The zero-order valence-electron chi connectivity index (χ0n) is 7.02. The van der Waals surface area contributed by atoms with Crippen LogP contribution in [0.3, 0.4) is 0 Å². The van der Waals surface area contributed by atoms with Crippen molar-refractivity contribution in [2.45, 2.75) is 27.2 Å². The van der Waals surface area contributed by atoms with Gasteiger partial charge in [0.15, 0.2) is 0 Å². The first kappa shape index (κ1) is 6.45. The third-order valence-electron chi connectivity index (χ3n) is 3.38. The molecule has 0 saturated heterocycles. The average molecular weight is 135 g/mol. The topological polar surface area (TPSA) is 0 Å². The zero-order chi connectivity index (χ0) is 7.35. The summed E-state index contributed by atoms with van der Waals surface area (Å²) in [5, 5.41) is 0. The Morgan fingerprint density at radius 2 is 2.20 bits per heavy atom. The van der Waals surface area contributed by atoms with Crippen LogP contribution in [-0.4, -0.2) is 0 Å². The standard InChI is InChI=1S/C10H15/c1-7-6-8-4-5-9(7)10(8,2)3/h4,6,8-9H,5H2,1-3H3. The van der Waals surface area contributed by atoms with Crippen LogP contribution >= 0.6 is 0 Å². The summed E-state index contributed by atoms with van der Waals surface area (Å²) in [5.74, 6) is 1.63. The molecular weight excluding hydrogens is 120 g/mol. The second-order valence-corrected chi connectivity index (χ2v) is 4.28. The van der Waals surface area contributed by atoms with E-state index in [1.807, 2.05) is 0 Å². The van der Waals surface area contributed by atoms with Gasteiger partial charge in [0.05, 0.1) is 0 Å². The number of fused-ring (bicyclic) bond motifs is 2. The first-order valence-corrected chi connectivity index (χ1v) is 4.14. The highest BCUT2D eigenvalue weighted by molar-refractivity contribution is 5.28. The lowest BCUT2D eigenvalue weighted by molar-refractivity contribution is 0.279. The molecule has 0 aromatic heterocycles. The molecule has 0 aromatic rings. The first-order chi connectivity index (χ1) is 4.62. The number of hydrogen-bond acceptors (Lipinski definition) is 0. The summed E-state index contributed by atoms with van der Waals surface area (Å²) >= 11 is 0. The summed E-state index contributed by atoms with van der Waals surface area (Å²) in [4.78, 5) is 0. The number of rotatable bonds is 0. The van der Waals surface area contributed by atoms with Crippen molar-refractivity contribution in [3.05, 3.63) is 18.1 Å². The van der Waals surface area contributed by atoms with Gasteiger partial charge in [0, 0.05) is 0 Å². The van der Waals surface area contributed by atoms with Crippen LogP contribution in [0.25, 0.3) is 0 Å². The lowest BCUT2D eigenvalue weighted by Gasteiger charge is -2.24. The predicted molar refractivity (Wildman–Crippen MR) is 43.4 cm³/mol. The van der Waals surface area contributed by atoms with Gasteiger partial charge in [0.1, 0.15) is 0 Å². The molecular formula is C10H15. The van der Waals surface area contributed by atoms with Crippen LogP contribution in [-0.2, 0) is 0 Å². The molecule has 2 unspecified atom stereocenters. The van der Waals surface area contributed by atoms with Gasteiger partial charge in [-0.3, -0.25) is 0 Å². The molecule has 1 fully saturated rings. The van der Waals surface area contributed by atoms with Crippen molar-refractivity contribution in [1.82, 2.24) is 0 Å². The van der Waals surface area contributed by atoms with Crippen LogP contribution in [0.2, 0.25) is 0 Å². The van der Waals surface area contributed by atoms with Crippen molar-refractivity contribution in [1.29, 1.82) is 0 Å². The largest absolute Gasteiger partial charge is 0.0813 e. The highest BCUT2D eigenvalue weighted by Gasteiger charge is 2.46. The molecule has 0 spiro atoms. The van der Waals surface area contributed by atoms with E-state index in [-0.39, 0.29) is 0 Å². The van der Waals surface area contributed by atoms with E-state index in [0.717, 1.165) is 11.8 Å². The van der Waals surface area contributed by atoms with Gasteiger partial charge in [0.2, 0.25) is 0 Å². The molecule has 10 heavy (non-hydrogen) atoms. The van der Waals surface area contributed by atoms with E-state index >= 15 is 0 Å². The fourth-order valence-electron chi connectivity index (χ4n) is 2.58. The van der Waals surface area contributed by atoms with Gasteiger partial charge in [-0.15, -0.1) is 0 Å². The van der Waals surface area contributed by atoms with Gasteiger partial charge in [-0.25, -0.2) is 0 Å². The fourth-order valence-corrected chi connectivity index (χ4v) is 2.58. The van der Waals surface area contributed by atoms with E-state index in [9.17, 15) is 0 Å². The van der Waals surface area contributed by atoms with E-state index in [0.29, 0.717) is 5.41 Å². The van der Waals surface area contributed by atoms with Crippen LogP contribution < -0.4 is 0 Å². The molecule has 55 valence electrons. The minimum atomic E-state index is 0.546. The Morgan fingerprint density at radius 1 is 1.50 bits per heavy atom. The maximum absolute atomic E-state index is 2.47.